The van der Waals surface area contributed by atoms with Crippen LogP contribution in [0.1, 0.15) is 31.7 Å². The van der Waals surface area contributed by atoms with Crippen LogP contribution in [-0.4, -0.2) is 28.1 Å². The van der Waals surface area contributed by atoms with E-state index in [1.165, 1.54) is 0 Å². The Kier molecular flexibility index (Phi) is 4.36. The summed E-state index contributed by atoms with van der Waals surface area (Å²) in [6.45, 7) is 2.51. The Balaban J connectivity index is 2.29. The number of hydrogen-bond donors (Lipinski definition) is 2. The molecule has 2 rings (SSSR count). The van der Waals surface area contributed by atoms with Gasteiger partial charge >= 0.3 is 0 Å². The summed E-state index contributed by atoms with van der Waals surface area (Å²) in [6.07, 6.45) is 2.87. The van der Waals surface area contributed by atoms with Crippen LogP contribution in [-0.2, 0) is 16.6 Å². The van der Waals surface area contributed by atoms with Gasteiger partial charge in [-0.3, -0.25) is 0 Å². The van der Waals surface area contributed by atoms with Gasteiger partial charge in [-0.05, 0) is 51.4 Å². The van der Waals surface area contributed by atoms with E-state index < -0.39 is 10.0 Å². The Morgan fingerprint density at radius 3 is 2.55 bits per heavy atom. The topological polar surface area (TPSA) is 67.4 Å². The first-order valence-corrected chi connectivity index (χ1v) is 8.24. The summed E-state index contributed by atoms with van der Waals surface area (Å²) < 4.78 is 32.9. The van der Waals surface area contributed by atoms with Gasteiger partial charge in [0.2, 0.25) is 10.0 Å². The van der Waals surface area contributed by atoms with E-state index in [9.17, 15) is 8.42 Å². The van der Waals surface area contributed by atoms with Crippen molar-refractivity contribution in [3.05, 3.63) is 23.8 Å². The van der Waals surface area contributed by atoms with Gasteiger partial charge in [0, 0.05) is 17.6 Å². The summed E-state index contributed by atoms with van der Waals surface area (Å²) in [5.74, 6) is 0.688. The highest BCUT2D eigenvalue weighted by Gasteiger charge is 2.36. The van der Waals surface area contributed by atoms with Gasteiger partial charge in [0.05, 0.1) is 12.0 Å². The molecule has 0 amide bonds. The van der Waals surface area contributed by atoms with E-state index in [4.69, 9.17) is 4.74 Å². The smallest absolute Gasteiger partial charge is 0.241 e. The van der Waals surface area contributed by atoms with Gasteiger partial charge in [-0.1, -0.05) is 0 Å². The second-order valence-electron chi connectivity index (χ2n) is 5.52. The number of rotatable bonds is 6. The molecule has 1 aliphatic rings. The highest BCUT2D eigenvalue weighted by molar-refractivity contribution is 7.89. The molecule has 0 aliphatic heterocycles. The van der Waals surface area contributed by atoms with Crippen molar-refractivity contribution in [3.8, 4) is 5.75 Å². The molecule has 1 aliphatic carbocycles. The van der Waals surface area contributed by atoms with Crippen molar-refractivity contribution in [2.75, 3.05) is 14.2 Å². The summed E-state index contributed by atoms with van der Waals surface area (Å²) in [5.41, 5.74) is 0.540. The molecule has 0 spiro atoms. The van der Waals surface area contributed by atoms with Gasteiger partial charge < -0.3 is 10.1 Å². The monoisotopic (exact) mass is 298 g/mol. The first-order chi connectivity index (χ1) is 9.40. The molecular weight excluding hydrogens is 276 g/mol. The lowest BCUT2D eigenvalue weighted by Gasteiger charge is -2.38. The van der Waals surface area contributed by atoms with E-state index in [1.54, 1.807) is 25.3 Å². The van der Waals surface area contributed by atoms with Crippen LogP contribution in [0.2, 0.25) is 0 Å². The first kappa shape index (κ1) is 15.3. The average molecular weight is 298 g/mol. The molecule has 5 nitrogen and oxygen atoms in total. The second kappa shape index (κ2) is 5.71. The van der Waals surface area contributed by atoms with Crippen LogP contribution in [0.25, 0.3) is 0 Å². The molecule has 20 heavy (non-hydrogen) atoms. The summed E-state index contributed by atoms with van der Waals surface area (Å²) in [6, 6.07) is 4.95. The lowest BCUT2D eigenvalue weighted by Crippen LogP contribution is -2.50. The van der Waals surface area contributed by atoms with Crippen LogP contribution in [0.4, 0.5) is 0 Å². The standard InChI is InChI=1S/C14H22N2O3S/c1-14(7-4-8-14)16-20(17,18)12-5-6-13(19-3)11(9-12)10-15-2/h5-6,9,15-16H,4,7-8,10H2,1-3H3. The molecule has 0 bridgehead atoms. The van der Waals surface area contributed by atoms with E-state index >= 15 is 0 Å². The summed E-state index contributed by atoms with van der Waals surface area (Å²) in [5, 5.41) is 3.01. The third kappa shape index (κ3) is 3.13. The Hall–Kier alpha value is -1.11. The molecule has 0 saturated heterocycles. The molecule has 0 unspecified atom stereocenters. The largest absolute Gasteiger partial charge is 0.496 e. The normalized spacial score (nSPS) is 17.6. The summed E-state index contributed by atoms with van der Waals surface area (Å²) in [7, 11) is -0.0845. The van der Waals surface area contributed by atoms with Crippen LogP contribution >= 0.6 is 0 Å². The number of sulfonamides is 1. The predicted octanol–water partition coefficient (Wildman–Crippen LogP) is 1.64. The molecule has 0 radical (unpaired) electrons. The molecule has 6 heteroatoms. The maximum Gasteiger partial charge on any atom is 0.241 e. The van der Waals surface area contributed by atoms with Gasteiger partial charge in [0.1, 0.15) is 5.75 Å². The lowest BCUT2D eigenvalue weighted by atomic mass is 9.80. The van der Waals surface area contributed by atoms with E-state index in [1.807, 2.05) is 14.0 Å². The molecule has 1 aromatic carbocycles. The van der Waals surface area contributed by atoms with Crippen molar-refractivity contribution >= 4 is 10.0 Å². The van der Waals surface area contributed by atoms with Crippen LogP contribution in [0, 0.1) is 0 Å². The Morgan fingerprint density at radius 2 is 2.05 bits per heavy atom. The molecule has 0 heterocycles. The van der Waals surface area contributed by atoms with E-state index in [2.05, 4.69) is 10.0 Å². The van der Waals surface area contributed by atoms with Crippen molar-refractivity contribution in [1.29, 1.82) is 0 Å². The first-order valence-electron chi connectivity index (χ1n) is 6.76. The molecular formula is C14H22N2O3S. The highest BCUT2D eigenvalue weighted by Crippen LogP contribution is 2.33. The molecule has 112 valence electrons. The molecule has 0 atom stereocenters. The van der Waals surface area contributed by atoms with E-state index in [0.29, 0.717) is 12.3 Å². The second-order valence-corrected chi connectivity index (χ2v) is 7.21. The number of hydrogen-bond acceptors (Lipinski definition) is 4. The maximum atomic E-state index is 12.4. The minimum absolute atomic E-state index is 0.289. The van der Waals surface area contributed by atoms with Gasteiger partial charge in [0.25, 0.3) is 0 Å². The quantitative estimate of drug-likeness (QED) is 0.838. The fraction of sp³-hybridized carbons (Fsp3) is 0.571. The minimum Gasteiger partial charge on any atom is -0.496 e. The lowest BCUT2D eigenvalue weighted by molar-refractivity contribution is 0.248. The van der Waals surface area contributed by atoms with Crippen molar-refractivity contribution < 1.29 is 13.2 Å². The molecule has 1 fully saturated rings. The zero-order valence-electron chi connectivity index (χ0n) is 12.2. The minimum atomic E-state index is -3.48. The number of nitrogens with one attached hydrogen (secondary N) is 2. The van der Waals surface area contributed by atoms with Gasteiger partial charge in [0.15, 0.2) is 0 Å². The zero-order valence-corrected chi connectivity index (χ0v) is 13.0. The molecule has 1 aromatic rings. The van der Waals surface area contributed by atoms with Crippen molar-refractivity contribution in [1.82, 2.24) is 10.0 Å². The van der Waals surface area contributed by atoms with E-state index in [-0.39, 0.29) is 10.4 Å². The Bertz CT molecular complexity index is 580. The predicted molar refractivity (Wildman–Crippen MR) is 78.3 cm³/mol. The number of benzene rings is 1. The zero-order chi connectivity index (χ0) is 14.8. The average Bonchev–Trinajstić information content (AvgIpc) is 2.37. The van der Waals surface area contributed by atoms with Gasteiger partial charge in [-0.15, -0.1) is 0 Å². The van der Waals surface area contributed by atoms with Crippen LogP contribution < -0.4 is 14.8 Å². The maximum absolute atomic E-state index is 12.4. The van der Waals surface area contributed by atoms with E-state index in [0.717, 1.165) is 24.8 Å². The number of ether oxygens (including phenoxy) is 1. The summed E-state index contributed by atoms with van der Waals surface area (Å²) in [4.78, 5) is 0.289. The fourth-order valence-corrected chi connectivity index (χ4v) is 3.96. The molecule has 1 saturated carbocycles. The number of methoxy groups -OCH3 is 1. The summed E-state index contributed by atoms with van der Waals surface area (Å²) >= 11 is 0. The molecule has 2 N–H and O–H groups in total. The third-order valence-electron chi connectivity index (χ3n) is 3.77. The highest BCUT2D eigenvalue weighted by atomic mass is 32.2. The fourth-order valence-electron chi connectivity index (χ4n) is 2.44. The van der Waals surface area contributed by atoms with Crippen molar-refractivity contribution in [2.45, 2.75) is 43.2 Å². The Labute approximate surface area is 120 Å². The van der Waals surface area contributed by atoms with Crippen LogP contribution in [0.3, 0.4) is 0 Å². The van der Waals surface area contributed by atoms with Crippen LogP contribution in [0.15, 0.2) is 23.1 Å². The van der Waals surface area contributed by atoms with Gasteiger partial charge in [-0.2, -0.15) is 0 Å². The molecule has 0 aromatic heterocycles. The van der Waals surface area contributed by atoms with Crippen LogP contribution in [0.5, 0.6) is 5.75 Å². The van der Waals surface area contributed by atoms with Crippen molar-refractivity contribution in [3.63, 3.8) is 0 Å². The SMILES string of the molecule is CNCc1cc(S(=O)(=O)NC2(C)CCC2)ccc1OC. The third-order valence-corrected chi connectivity index (χ3v) is 5.40. The van der Waals surface area contributed by atoms with Crippen molar-refractivity contribution in [2.24, 2.45) is 0 Å². The Morgan fingerprint density at radius 1 is 1.35 bits per heavy atom. The van der Waals surface area contributed by atoms with Gasteiger partial charge in [-0.25, -0.2) is 13.1 Å².